The Kier molecular flexibility index (Phi) is 7.60. The van der Waals surface area contributed by atoms with Crippen LogP contribution in [-0.4, -0.2) is 30.3 Å². The van der Waals surface area contributed by atoms with Gasteiger partial charge in [0.25, 0.3) is 0 Å². The second kappa shape index (κ2) is 9.28. The van der Waals surface area contributed by atoms with Gasteiger partial charge in [-0.2, -0.15) is 5.26 Å². The van der Waals surface area contributed by atoms with E-state index in [0.29, 0.717) is 18.8 Å². The van der Waals surface area contributed by atoms with Crippen LogP contribution in [0.15, 0.2) is 30.3 Å². The monoisotopic (exact) mass is 272 g/mol. The van der Waals surface area contributed by atoms with Crippen molar-refractivity contribution in [2.45, 2.75) is 33.1 Å². The first-order valence-electron chi connectivity index (χ1n) is 7.31. The van der Waals surface area contributed by atoms with Gasteiger partial charge in [-0.3, -0.25) is 4.79 Å². The molecule has 0 saturated carbocycles. The summed E-state index contributed by atoms with van der Waals surface area (Å²) in [4.78, 5) is 14.3. The van der Waals surface area contributed by atoms with Crippen LogP contribution in [0.25, 0.3) is 0 Å². The van der Waals surface area contributed by atoms with Crippen molar-refractivity contribution in [3.05, 3.63) is 35.9 Å². The lowest BCUT2D eigenvalue weighted by Crippen LogP contribution is -2.30. The van der Waals surface area contributed by atoms with E-state index >= 15 is 0 Å². The number of rotatable bonds is 9. The highest BCUT2D eigenvalue weighted by atomic mass is 16.1. The molecule has 0 aromatic heterocycles. The van der Waals surface area contributed by atoms with Crippen molar-refractivity contribution in [3.8, 4) is 6.07 Å². The fraction of sp³-hybridized carbons (Fsp3) is 0.529. The number of Topliss-reactive ketones (excluding diaryl/α,β-unsaturated/α-hetero) is 1. The van der Waals surface area contributed by atoms with E-state index in [1.807, 2.05) is 30.3 Å². The maximum Gasteiger partial charge on any atom is 0.162 e. The number of carbonyl (C=O) groups is 1. The highest BCUT2D eigenvalue weighted by molar-refractivity contribution is 5.95. The smallest absolute Gasteiger partial charge is 0.162 e. The second-order valence-corrected chi connectivity index (χ2v) is 5.50. The molecular formula is C17H24N2O. The molecule has 0 spiro atoms. The molecule has 0 radical (unpaired) electrons. The van der Waals surface area contributed by atoms with Crippen molar-refractivity contribution in [1.29, 1.82) is 5.26 Å². The first-order valence-corrected chi connectivity index (χ1v) is 7.31. The van der Waals surface area contributed by atoms with Gasteiger partial charge in [-0.05, 0) is 18.9 Å². The second-order valence-electron chi connectivity index (χ2n) is 5.50. The predicted molar refractivity (Wildman–Crippen MR) is 81.5 cm³/mol. The fourth-order valence-electron chi connectivity index (χ4n) is 2.25. The summed E-state index contributed by atoms with van der Waals surface area (Å²) in [6, 6.07) is 11.6. The van der Waals surface area contributed by atoms with Gasteiger partial charge < -0.3 is 4.90 Å². The van der Waals surface area contributed by atoms with Crippen molar-refractivity contribution in [3.63, 3.8) is 0 Å². The SMILES string of the molecule is CC(C)CN(CCC#N)CCCC(=O)c1ccccc1. The first kappa shape index (κ1) is 16.4. The molecule has 3 heteroatoms. The molecule has 0 heterocycles. The van der Waals surface area contributed by atoms with Gasteiger partial charge in [0.2, 0.25) is 0 Å². The van der Waals surface area contributed by atoms with Crippen LogP contribution in [0.1, 0.15) is 43.5 Å². The van der Waals surface area contributed by atoms with Gasteiger partial charge in [0.05, 0.1) is 6.07 Å². The lowest BCUT2D eigenvalue weighted by atomic mass is 10.1. The molecule has 1 aromatic carbocycles. The minimum atomic E-state index is 0.204. The van der Waals surface area contributed by atoms with E-state index in [1.165, 1.54) is 0 Å². The van der Waals surface area contributed by atoms with Crippen LogP contribution in [0.5, 0.6) is 0 Å². The van der Waals surface area contributed by atoms with Gasteiger partial charge in [0, 0.05) is 31.5 Å². The van der Waals surface area contributed by atoms with E-state index in [4.69, 9.17) is 5.26 Å². The van der Waals surface area contributed by atoms with Crippen molar-refractivity contribution in [1.82, 2.24) is 4.90 Å². The van der Waals surface area contributed by atoms with Crippen LogP contribution in [-0.2, 0) is 0 Å². The largest absolute Gasteiger partial charge is 0.302 e. The standard InChI is InChI=1S/C17H24N2O/c1-15(2)14-19(13-7-11-18)12-6-10-17(20)16-8-4-3-5-9-16/h3-5,8-9,15H,6-7,10,12-14H2,1-2H3. The normalized spacial score (nSPS) is 10.8. The van der Waals surface area contributed by atoms with Gasteiger partial charge in [-0.25, -0.2) is 0 Å². The summed E-state index contributed by atoms with van der Waals surface area (Å²) < 4.78 is 0. The number of carbonyl (C=O) groups excluding carboxylic acids is 1. The Hall–Kier alpha value is -1.66. The molecule has 108 valence electrons. The summed E-state index contributed by atoms with van der Waals surface area (Å²) in [5.74, 6) is 0.786. The molecule has 0 unspecified atom stereocenters. The Labute approximate surface area is 122 Å². The Morgan fingerprint density at radius 1 is 1.25 bits per heavy atom. The van der Waals surface area contributed by atoms with Crippen LogP contribution in [0.4, 0.5) is 0 Å². The van der Waals surface area contributed by atoms with Crippen molar-refractivity contribution in [2.24, 2.45) is 5.92 Å². The van der Waals surface area contributed by atoms with Crippen LogP contribution >= 0.6 is 0 Å². The molecule has 0 amide bonds. The molecule has 0 N–H and O–H groups in total. The average molecular weight is 272 g/mol. The third-order valence-corrected chi connectivity index (χ3v) is 3.14. The molecule has 0 aliphatic carbocycles. The molecule has 1 rings (SSSR count). The molecule has 0 aliphatic heterocycles. The molecular weight excluding hydrogens is 248 g/mol. The third kappa shape index (κ3) is 6.49. The van der Waals surface area contributed by atoms with Crippen molar-refractivity contribution >= 4 is 5.78 Å². The van der Waals surface area contributed by atoms with Gasteiger partial charge in [-0.1, -0.05) is 44.2 Å². The van der Waals surface area contributed by atoms with E-state index in [9.17, 15) is 4.79 Å². The quantitative estimate of drug-likeness (QED) is 0.646. The Morgan fingerprint density at radius 2 is 1.95 bits per heavy atom. The predicted octanol–water partition coefficient (Wildman–Crippen LogP) is 3.52. The highest BCUT2D eigenvalue weighted by Gasteiger charge is 2.09. The summed E-state index contributed by atoms with van der Waals surface area (Å²) in [6.07, 6.45) is 1.98. The molecule has 0 atom stereocenters. The van der Waals surface area contributed by atoms with Gasteiger partial charge in [0.15, 0.2) is 5.78 Å². The van der Waals surface area contributed by atoms with Gasteiger partial charge in [0.1, 0.15) is 0 Å². The van der Waals surface area contributed by atoms with E-state index in [-0.39, 0.29) is 5.78 Å². The Bertz CT molecular complexity index is 434. The number of nitrogens with zero attached hydrogens (tertiary/aromatic N) is 2. The highest BCUT2D eigenvalue weighted by Crippen LogP contribution is 2.07. The number of nitriles is 1. The Balaban J connectivity index is 2.36. The van der Waals surface area contributed by atoms with Crippen molar-refractivity contribution < 1.29 is 4.79 Å². The number of hydrogen-bond donors (Lipinski definition) is 0. The first-order chi connectivity index (χ1) is 9.63. The summed E-state index contributed by atoms with van der Waals surface area (Å²) >= 11 is 0. The molecule has 3 nitrogen and oxygen atoms in total. The molecule has 0 fully saturated rings. The lowest BCUT2D eigenvalue weighted by molar-refractivity contribution is 0.0974. The van der Waals surface area contributed by atoms with E-state index in [2.05, 4.69) is 24.8 Å². The summed E-state index contributed by atoms with van der Waals surface area (Å²) in [7, 11) is 0. The van der Waals surface area contributed by atoms with Crippen LogP contribution in [0, 0.1) is 17.2 Å². The topological polar surface area (TPSA) is 44.1 Å². The van der Waals surface area contributed by atoms with Gasteiger partial charge in [-0.15, -0.1) is 0 Å². The lowest BCUT2D eigenvalue weighted by Gasteiger charge is -2.22. The zero-order valence-corrected chi connectivity index (χ0v) is 12.5. The summed E-state index contributed by atoms with van der Waals surface area (Å²) in [5.41, 5.74) is 0.792. The molecule has 1 aromatic rings. The van der Waals surface area contributed by atoms with Crippen LogP contribution in [0.2, 0.25) is 0 Å². The number of hydrogen-bond acceptors (Lipinski definition) is 3. The molecule has 0 saturated heterocycles. The van der Waals surface area contributed by atoms with Crippen LogP contribution in [0.3, 0.4) is 0 Å². The zero-order valence-electron chi connectivity index (χ0n) is 12.5. The fourth-order valence-corrected chi connectivity index (χ4v) is 2.25. The zero-order chi connectivity index (χ0) is 14.8. The number of ketones is 1. The molecule has 0 aliphatic rings. The maximum atomic E-state index is 12.0. The summed E-state index contributed by atoms with van der Waals surface area (Å²) in [5, 5.41) is 8.68. The maximum absolute atomic E-state index is 12.0. The molecule has 20 heavy (non-hydrogen) atoms. The molecule has 0 bridgehead atoms. The van der Waals surface area contributed by atoms with E-state index in [0.717, 1.165) is 31.6 Å². The average Bonchev–Trinajstić information content (AvgIpc) is 2.44. The van der Waals surface area contributed by atoms with Gasteiger partial charge >= 0.3 is 0 Å². The van der Waals surface area contributed by atoms with E-state index in [1.54, 1.807) is 0 Å². The third-order valence-electron chi connectivity index (χ3n) is 3.14. The minimum Gasteiger partial charge on any atom is -0.302 e. The van der Waals surface area contributed by atoms with Crippen LogP contribution < -0.4 is 0 Å². The van der Waals surface area contributed by atoms with E-state index < -0.39 is 0 Å². The minimum absolute atomic E-state index is 0.204. The van der Waals surface area contributed by atoms with Crippen molar-refractivity contribution in [2.75, 3.05) is 19.6 Å². The Morgan fingerprint density at radius 3 is 2.55 bits per heavy atom. The summed E-state index contributed by atoms with van der Waals surface area (Å²) in [6.45, 7) is 7.02. The number of benzene rings is 1.